The molecule has 0 bridgehead atoms. The predicted octanol–water partition coefficient (Wildman–Crippen LogP) is 6.01. The highest BCUT2D eigenvalue weighted by molar-refractivity contribution is 8.03. The zero-order valence-corrected chi connectivity index (χ0v) is 22.4. The highest BCUT2D eigenvalue weighted by Gasteiger charge is 2.33. The van der Waals surface area contributed by atoms with Crippen molar-refractivity contribution in [3.05, 3.63) is 71.5 Å². The molecule has 0 fully saturated rings. The number of hydrogen-bond acceptors (Lipinski definition) is 8. The number of carbonyl (C=O) groups is 1. The highest BCUT2D eigenvalue weighted by Crippen LogP contribution is 2.32. The summed E-state index contributed by atoms with van der Waals surface area (Å²) in [7, 11) is -2.30. The predicted molar refractivity (Wildman–Crippen MR) is 138 cm³/mol. The van der Waals surface area contributed by atoms with Gasteiger partial charge in [0.2, 0.25) is 0 Å². The van der Waals surface area contributed by atoms with Crippen LogP contribution in [0, 0.1) is 0 Å². The summed E-state index contributed by atoms with van der Waals surface area (Å²) < 4.78 is 75.7. The second-order valence-corrected chi connectivity index (χ2v) is 9.80. The van der Waals surface area contributed by atoms with Gasteiger partial charge in [-0.15, -0.1) is 24.9 Å². The van der Waals surface area contributed by atoms with Gasteiger partial charge in [-0.2, -0.15) is 21.6 Å². The van der Waals surface area contributed by atoms with Gasteiger partial charge in [-0.1, -0.05) is 6.08 Å². The first-order valence-corrected chi connectivity index (χ1v) is 13.5. The smallest absolute Gasteiger partial charge is 0.416 e. The second-order valence-electron chi connectivity index (χ2n) is 6.92. The van der Waals surface area contributed by atoms with E-state index < -0.39 is 21.9 Å². The van der Waals surface area contributed by atoms with Crippen molar-refractivity contribution in [2.75, 3.05) is 25.7 Å². The first kappa shape index (κ1) is 33.3. The van der Waals surface area contributed by atoms with E-state index in [4.69, 9.17) is 9.47 Å². The second kappa shape index (κ2) is 16.9. The van der Waals surface area contributed by atoms with E-state index in [1.165, 1.54) is 37.9 Å². The standard InChI is InChI=1S/C22H28F3NO6S2.C2H4/c1-5-21(32-34(4,28)29)31-15-18(14-27)30-11-7-6-8-12-33-16(2)19-10-9-17(22(23,24)25)13-20(19)26-3;1-2/h5,9-10,13-15H,6-8,11-12H2,1-4H3;1-2H2/b18-15+,19-16+,21-5+,26-20?;. The molecular weight excluding hydrogens is 519 g/mol. The Morgan fingerprint density at radius 1 is 1.19 bits per heavy atom. The molecule has 1 aliphatic rings. The summed E-state index contributed by atoms with van der Waals surface area (Å²) in [4.78, 5) is 15.9. The molecule has 0 aromatic carbocycles. The minimum atomic E-state index is -4.41. The minimum absolute atomic E-state index is 0.117. The van der Waals surface area contributed by atoms with Crippen LogP contribution in [0.3, 0.4) is 0 Å². The molecule has 0 spiro atoms. The van der Waals surface area contributed by atoms with Crippen LogP contribution in [0.25, 0.3) is 0 Å². The van der Waals surface area contributed by atoms with Crippen LogP contribution in [0.15, 0.2) is 76.5 Å². The van der Waals surface area contributed by atoms with E-state index in [2.05, 4.69) is 22.3 Å². The number of nitrogens with zero attached hydrogens (tertiary/aromatic N) is 1. The monoisotopic (exact) mass is 551 g/mol. The summed E-state index contributed by atoms with van der Waals surface area (Å²) >= 11 is 1.54. The van der Waals surface area contributed by atoms with E-state index in [1.807, 2.05) is 6.92 Å². The van der Waals surface area contributed by atoms with Crippen LogP contribution in [0.1, 0.15) is 33.1 Å². The number of rotatable bonds is 13. The van der Waals surface area contributed by atoms with Crippen molar-refractivity contribution < 1.29 is 40.0 Å². The molecule has 202 valence electrons. The lowest BCUT2D eigenvalue weighted by Gasteiger charge is -2.16. The van der Waals surface area contributed by atoms with Gasteiger partial charge in [-0.05, 0) is 62.0 Å². The van der Waals surface area contributed by atoms with Crippen LogP contribution in [-0.2, 0) is 28.6 Å². The molecular formula is C24H32F3NO6S2. The van der Waals surface area contributed by atoms with Gasteiger partial charge < -0.3 is 13.7 Å². The van der Waals surface area contributed by atoms with Gasteiger partial charge in [-0.25, -0.2) is 0 Å². The van der Waals surface area contributed by atoms with Gasteiger partial charge in [0.25, 0.3) is 5.95 Å². The summed E-state index contributed by atoms with van der Waals surface area (Å²) in [5.74, 6) is 0.331. The van der Waals surface area contributed by atoms with Crippen LogP contribution in [-0.4, -0.2) is 52.3 Å². The number of ether oxygens (including phenoxy) is 2. The molecule has 0 aromatic heterocycles. The minimum Gasteiger partial charge on any atom is -0.487 e. The maximum Gasteiger partial charge on any atom is 0.416 e. The van der Waals surface area contributed by atoms with E-state index in [-0.39, 0.29) is 18.3 Å². The summed E-state index contributed by atoms with van der Waals surface area (Å²) in [6, 6.07) is 0. The molecule has 1 aliphatic carbocycles. The average Bonchev–Trinajstić information content (AvgIpc) is 2.83. The van der Waals surface area contributed by atoms with Crippen molar-refractivity contribution in [3.63, 3.8) is 0 Å². The Balaban J connectivity index is 0.00000596. The van der Waals surface area contributed by atoms with Crippen LogP contribution >= 0.6 is 11.8 Å². The molecule has 7 nitrogen and oxygen atoms in total. The topological polar surface area (TPSA) is 91.3 Å². The van der Waals surface area contributed by atoms with Crippen molar-refractivity contribution in [1.82, 2.24) is 0 Å². The largest absolute Gasteiger partial charge is 0.487 e. The van der Waals surface area contributed by atoms with Gasteiger partial charge in [0.15, 0.2) is 12.0 Å². The van der Waals surface area contributed by atoms with Gasteiger partial charge in [0, 0.05) is 12.6 Å². The molecule has 0 radical (unpaired) electrons. The van der Waals surface area contributed by atoms with E-state index in [0.717, 1.165) is 48.2 Å². The Kier molecular flexibility index (Phi) is 15.6. The zero-order chi connectivity index (χ0) is 27.8. The molecule has 0 saturated carbocycles. The molecule has 0 N–H and O–H groups in total. The Morgan fingerprint density at radius 3 is 2.39 bits per heavy atom. The lowest BCUT2D eigenvalue weighted by atomic mass is 9.99. The Morgan fingerprint density at radius 2 is 1.86 bits per heavy atom. The lowest BCUT2D eigenvalue weighted by molar-refractivity contribution is -0.108. The van der Waals surface area contributed by atoms with E-state index in [0.29, 0.717) is 24.0 Å². The molecule has 0 aliphatic heterocycles. The third-order valence-corrected chi connectivity index (χ3v) is 5.81. The lowest BCUT2D eigenvalue weighted by Crippen LogP contribution is -2.15. The van der Waals surface area contributed by atoms with Gasteiger partial charge in [-0.3, -0.25) is 9.79 Å². The van der Waals surface area contributed by atoms with Crippen LogP contribution < -0.4 is 0 Å². The van der Waals surface area contributed by atoms with Crippen molar-refractivity contribution >= 4 is 33.9 Å². The fourth-order valence-electron chi connectivity index (χ4n) is 2.56. The van der Waals surface area contributed by atoms with Crippen molar-refractivity contribution in [1.29, 1.82) is 0 Å². The molecule has 0 amide bonds. The maximum absolute atomic E-state index is 12.9. The third kappa shape index (κ3) is 13.4. The molecule has 0 saturated heterocycles. The van der Waals surface area contributed by atoms with Crippen LogP contribution in [0.4, 0.5) is 13.2 Å². The molecule has 0 aromatic rings. The Hall–Kier alpha value is -2.73. The number of halogens is 3. The number of thioether (sulfide) groups is 1. The number of aliphatic imine (C=N–C) groups is 1. The maximum atomic E-state index is 12.9. The number of carbonyl (C=O) groups excluding carboxylic acids is 1. The quantitative estimate of drug-likeness (QED) is 0.0692. The van der Waals surface area contributed by atoms with Gasteiger partial charge in [0.1, 0.15) is 6.26 Å². The fourth-order valence-corrected chi connectivity index (χ4v) is 3.98. The molecule has 0 atom stereocenters. The SMILES string of the molecule is C/C=C(\O/C=C(\C=O)OCCCCCS/C(C)=C1\C=CC(C(F)(F)F)=CC1=NC)OS(C)(=O)=O.C=C. The highest BCUT2D eigenvalue weighted by atomic mass is 32.2. The summed E-state index contributed by atoms with van der Waals surface area (Å²) in [5, 5.41) is 0. The molecule has 1 rings (SSSR count). The van der Waals surface area contributed by atoms with Gasteiger partial charge in [0.05, 0.1) is 24.1 Å². The normalized spacial score (nSPS) is 17.1. The number of allylic oxidation sites excluding steroid dienone is 8. The summed E-state index contributed by atoms with van der Waals surface area (Å²) in [6.07, 6.45) is 4.93. The fraction of sp³-hybridized carbons (Fsp3) is 0.417. The molecule has 0 heterocycles. The average molecular weight is 552 g/mol. The molecule has 12 heteroatoms. The van der Waals surface area contributed by atoms with Crippen molar-refractivity contribution in [2.45, 2.75) is 39.3 Å². The number of unbranched alkanes of at least 4 members (excludes halogenated alkanes) is 2. The molecule has 0 unspecified atom stereocenters. The number of hydrogen-bond donors (Lipinski definition) is 0. The van der Waals surface area contributed by atoms with E-state index >= 15 is 0 Å². The first-order valence-electron chi connectivity index (χ1n) is 10.7. The van der Waals surface area contributed by atoms with Crippen molar-refractivity contribution in [2.24, 2.45) is 4.99 Å². The van der Waals surface area contributed by atoms with Gasteiger partial charge >= 0.3 is 16.3 Å². The van der Waals surface area contributed by atoms with E-state index in [1.54, 1.807) is 0 Å². The molecule has 36 heavy (non-hydrogen) atoms. The third-order valence-electron chi connectivity index (χ3n) is 4.20. The summed E-state index contributed by atoms with van der Waals surface area (Å²) in [5.41, 5.74) is 0.241. The number of alkyl halides is 3. The Labute approximate surface area is 215 Å². The van der Waals surface area contributed by atoms with Crippen molar-refractivity contribution in [3.8, 4) is 0 Å². The van der Waals surface area contributed by atoms with Crippen LogP contribution in [0.2, 0.25) is 0 Å². The van der Waals surface area contributed by atoms with Crippen LogP contribution in [0.5, 0.6) is 0 Å². The summed E-state index contributed by atoms with van der Waals surface area (Å²) in [6.45, 7) is 9.60. The first-order chi connectivity index (χ1) is 16.9. The Bertz CT molecular complexity index is 1020. The zero-order valence-electron chi connectivity index (χ0n) is 20.8. The number of aldehydes is 1. The van der Waals surface area contributed by atoms with E-state index in [9.17, 15) is 26.4 Å².